The first-order valence-corrected chi connectivity index (χ1v) is 8.81. The van der Waals surface area contributed by atoms with E-state index in [9.17, 15) is 9.59 Å². The summed E-state index contributed by atoms with van der Waals surface area (Å²) < 4.78 is 11.9. The van der Waals surface area contributed by atoms with Crippen molar-refractivity contribution in [2.45, 2.75) is 19.9 Å². The van der Waals surface area contributed by atoms with E-state index in [1.165, 1.54) is 7.11 Å². The number of esters is 1. The summed E-state index contributed by atoms with van der Waals surface area (Å²) in [6.07, 6.45) is 0.936. The Morgan fingerprint density at radius 1 is 1.07 bits per heavy atom. The van der Waals surface area contributed by atoms with Gasteiger partial charge in [-0.25, -0.2) is 4.79 Å². The van der Waals surface area contributed by atoms with Crippen molar-refractivity contribution >= 4 is 28.5 Å². The first kappa shape index (κ1) is 18.5. The Balaban J connectivity index is 1.74. The molecule has 140 valence electrons. The second-order valence-corrected chi connectivity index (χ2v) is 6.08. The van der Waals surface area contributed by atoms with Crippen LogP contribution in [0.2, 0.25) is 0 Å². The summed E-state index contributed by atoms with van der Waals surface area (Å²) in [5.41, 5.74) is 2.33. The van der Waals surface area contributed by atoms with Gasteiger partial charge in [0, 0.05) is 23.1 Å². The molecule has 0 bridgehead atoms. The van der Waals surface area contributed by atoms with Crippen molar-refractivity contribution in [3.05, 3.63) is 60.3 Å². The van der Waals surface area contributed by atoms with Gasteiger partial charge in [0.25, 0.3) is 5.91 Å². The third-order valence-electron chi connectivity index (χ3n) is 4.19. The van der Waals surface area contributed by atoms with Crippen LogP contribution in [0.3, 0.4) is 0 Å². The van der Waals surface area contributed by atoms with E-state index in [1.807, 2.05) is 34.9 Å². The number of methoxy groups -OCH3 is 1. The zero-order chi connectivity index (χ0) is 19.2. The van der Waals surface area contributed by atoms with Gasteiger partial charge in [0.1, 0.15) is 11.4 Å². The van der Waals surface area contributed by atoms with Crippen molar-refractivity contribution in [3.63, 3.8) is 0 Å². The van der Waals surface area contributed by atoms with Crippen molar-refractivity contribution in [1.82, 2.24) is 4.57 Å². The van der Waals surface area contributed by atoms with E-state index >= 15 is 0 Å². The molecular weight excluding hydrogens is 344 g/mol. The summed E-state index contributed by atoms with van der Waals surface area (Å²) in [4.78, 5) is 23.9. The van der Waals surface area contributed by atoms with Gasteiger partial charge in [0.2, 0.25) is 0 Å². The number of aromatic nitrogens is 1. The molecule has 0 aliphatic rings. The van der Waals surface area contributed by atoms with Gasteiger partial charge in [-0.2, -0.15) is 0 Å². The lowest BCUT2D eigenvalue weighted by atomic mass is 10.2. The van der Waals surface area contributed by atoms with Crippen LogP contribution < -0.4 is 10.1 Å². The van der Waals surface area contributed by atoms with E-state index in [0.717, 1.165) is 23.9 Å². The second kappa shape index (κ2) is 8.40. The number of nitrogens with one attached hydrogen (secondary N) is 1. The molecule has 0 aliphatic heterocycles. The molecule has 1 aromatic heterocycles. The van der Waals surface area contributed by atoms with E-state index in [0.29, 0.717) is 17.1 Å². The Labute approximate surface area is 157 Å². The maximum absolute atomic E-state index is 12.8. The average Bonchev–Trinajstić information content (AvgIpc) is 3.06. The highest BCUT2D eigenvalue weighted by molar-refractivity contribution is 6.06. The average molecular weight is 366 g/mol. The molecule has 0 spiro atoms. The molecule has 3 rings (SSSR count). The largest absolute Gasteiger partial charge is 0.482 e. The number of anilines is 1. The molecule has 1 heterocycles. The van der Waals surface area contributed by atoms with Gasteiger partial charge in [-0.3, -0.25) is 4.79 Å². The van der Waals surface area contributed by atoms with Crippen LogP contribution in [0.4, 0.5) is 5.69 Å². The van der Waals surface area contributed by atoms with Crippen LogP contribution >= 0.6 is 0 Å². The summed E-state index contributed by atoms with van der Waals surface area (Å²) in [6.45, 7) is 2.71. The standard InChI is InChI=1S/C21H22N2O4/c1-3-12-23-18-7-5-4-6-15(18)13-19(23)21(25)22-16-8-10-17(11-9-16)27-14-20(24)26-2/h4-11,13H,3,12,14H2,1-2H3,(H,22,25). The Morgan fingerprint density at radius 2 is 1.81 bits per heavy atom. The number of benzene rings is 2. The van der Waals surface area contributed by atoms with Crippen molar-refractivity contribution in [3.8, 4) is 5.75 Å². The topological polar surface area (TPSA) is 69.6 Å². The van der Waals surface area contributed by atoms with Crippen molar-refractivity contribution in [2.75, 3.05) is 19.0 Å². The fraction of sp³-hybridized carbons (Fsp3) is 0.238. The number of para-hydroxylation sites is 1. The van der Waals surface area contributed by atoms with E-state index in [-0.39, 0.29) is 12.5 Å². The highest BCUT2D eigenvalue weighted by atomic mass is 16.6. The molecule has 6 heteroatoms. The number of rotatable bonds is 7. The molecule has 6 nitrogen and oxygen atoms in total. The van der Waals surface area contributed by atoms with Crippen LogP contribution in [-0.4, -0.2) is 30.2 Å². The van der Waals surface area contributed by atoms with Crippen LogP contribution in [-0.2, 0) is 16.1 Å². The van der Waals surface area contributed by atoms with Crippen LogP contribution in [0.5, 0.6) is 5.75 Å². The van der Waals surface area contributed by atoms with Gasteiger partial charge in [-0.05, 0) is 42.8 Å². The molecule has 0 fully saturated rings. The first-order valence-electron chi connectivity index (χ1n) is 8.81. The zero-order valence-corrected chi connectivity index (χ0v) is 15.4. The van der Waals surface area contributed by atoms with Crippen molar-refractivity contribution in [2.24, 2.45) is 0 Å². The number of carbonyl (C=O) groups is 2. The van der Waals surface area contributed by atoms with Crippen molar-refractivity contribution in [1.29, 1.82) is 0 Å². The Morgan fingerprint density at radius 3 is 2.52 bits per heavy atom. The normalized spacial score (nSPS) is 10.6. The number of carbonyl (C=O) groups excluding carboxylic acids is 2. The molecule has 0 unspecified atom stereocenters. The minimum atomic E-state index is -0.448. The molecule has 0 saturated carbocycles. The predicted octanol–water partition coefficient (Wildman–Crippen LogP) is 3.86. The van der Waals surface area contributed by atoms with E-state index in [1.54, 1.807) is 24.3 Å². The highest BCUT2D eigenvalue weighted by Crippen LogP contribution is 2.22. The number of amides is 1. The lowest BCUT2D eigenvalue weighted by Crippen LogP contribution is -2.17. The van der Waals surface area contributed by atoms with Crippen LogP contribution in [0.1, 0.15) is 23.8 Å². The Kier molecular flexibility index (Phi) is 5.76. The van der Waals surface area contributed by atoms with E-state index in [2.05, 4.69) is 17.0 Å². The molecule has 0 aliphatic carbocycles. The number of nitrogens with zero attached hydrogens (tertiary/aromatic N) is 1. The predicted molar refractivity (Wildman–Crippen MR) is 104 cm³/mol. The van der Waals surface area contributed by atoms with Gasteiger partial charge < -0.3 is 19.4 Å². The van der Waals surface area contributed by atoms with Crippen molar-refractivity contribution < 1.29 is 19.1 Å². The molecule has 27 heavy (non-hydrogen) atoms. The molecule has 1 N–H and O–H groups in total. The summed E-state index contributed by atoms with van der Waals surface area (Å²) >= 11 is 0. The molecule has 2 aromatic carbocycles. The minimum absolute atomic E-state index is 0.153. The SMILES string of the molecule is CCCn1c(C(=O)Nc2ccc(OCC(=O)OC)cc2)cc2ccccc21. The Bertz CT molecular complexity index is 944. The summed E-state index contributed by atoms with van der Waals surface area (Å²) in [5, 5.41) is 3.96. The summed E-state index contributed by atoms with van der Waals surface area (Å²) in [7, 11) is 1.31. The number of aryl methyl sites for hydroxylation is 1. The monoisotopic (exact) mass is 366 g/mol. The molecular formula is C21H22N2O4. The first-order chi connectivity index (χ1) is 13.1. The third-order valence-corrected chi connectivity index (χ3v) is 4.19. The summed E-state index contributed by atoms with van der Waals surface area (Å²) in [6, 6.07) is 16.7. The smallest absolute Gasteiger partial charge is 0.343 e. The zero-order valence-electron chi connectivity index (χ0n) is 15.4. The van der Waals surface area contributed by atoms with Gasteiger partial charge in [0.15, 0.2) is 6.61 Å². The molecule has 3 aromatic rings. The van der Waals surface area contributed by atoms with Gasteiger partial charge in [-0.1, -0.05) is 25.1 Å². The minimum Gasteiger partial charge on any atom is -0.482 e. The van der Waals surface area contributed by atoms with Crippen LogP contribution in [0.15, 0.2) is 54.6 Å². The highest BCUT2D eigenvalue weighted by Gasteiger charge is 2.15. The van der Waals surface area contributed by atoms with Gasteiger partial charge in [-0.15, -0.1) is 0 Å². The maximum Gasteiger partial charge on any atom is 0.343 e. The second-order valence-electron chi connectivity index (χ2n) is 6.08. The fourth-order valence-corrected chi connectivity index (χ4v) is 2.89. The van der Waals surface area contributed by atoms with E-state index < -0.39 is 5.97 Å². The van der Waals surface area contributed by atoms with E-state index in [4.69, 9.17) is 4.74 Å². The maximum atomic E-state index is 12.8. The Hall–Kier alpha value is -3.28. The number of fused-ring (bicyclic) bond motifs is 1. The summed E-state index contributed by atoms with van der Waals surface area (Å²) in [5.74, 6) is -0.0856. The van der Waals surface area contributed by atoms with Crippen LogP contribution in [0, 0.1) is 0 Å². The van der Waals surface area contributed by atoms with Gasteiger partial charge in [0.05, 0.1) is 7.11 Å². The number of hydrogen-bond acceptors (Lipinski definition) is 4. The molecule has 0 saturated heterocycles. The third kappa shape index (κ3) is 4.28. The molecule has 1 amide bonds. The number of hydrogen-bond donors (Lipinski definition) is 1. The lowest BCUT2D eigenvalue weighted by molar-refractivity contribution is -0.142. The number of ether oxygens (including phenoxy) is 2. The molecule has 0 atom stereocenters. The fourth-order valence-electron chi connectivity index (χ4n) is 2.89. The molecule has 0 radical (unpaired) electrons. The lowest BCUT2D eigenvalue weighted by Gasteiger charge is -2.11. The van der Waals surface area contributed by atoms with Gasteiger partial charge >= 0.3 is 5.97 Å². The van der Waals surface area contributed by atoms with Crippen LogP contribution in [0.25, 0.3) is 10.9 Å². The quantitative estimate of drug-likeness (QED) is 0.645.